The van der Waals surface area contributed by atoms with Crippen molar-refractivity contribution in [2.45, 2.75) is 0 Å². The van der Waals surface area contributed by atoms with Crippen LogP contribution in [0.5, 0.6) is 0 Å². The van der Waals surface area contributed by atoms with E-state index in [2.05, 4.69) is 12.6 Å². The van der Waals surface area contributed by atoms with Gasteiger partial charge in [0.05, 0.1) is 0 Å². The van der Waals surface area contributed by atoms with Gasteiger partial charge in [0, 0.05) is 12.3 Å². The summed E-state index contributed by atoms with van der Waals surface area (Å²) >= 11 is 3.80. The summed E-state index contributed by atoms with van der Waals surface area (Å²) in [5, 5.41) is 0. The van der Waals surface area contributed by atoms with Gasteiger partial charge in [0.1, 0.15) is 0 Å². The van der Waals surface area contributed by atoms with E-state index in [4.69, 9.17) is 5.73 Å². The van der Waals surface area contributed by atoms with Crippen LogP contribution in [0.1, 0.15) is 0 Å². The number of hydrogen-bond acceptors (Lipinski definition) is 2. The molecule has 0 aliphatic carbocycles. The first-order valence-corrected chi connectivity index (χ1v) is 1.86. The third kappa shape index (κ3) is 13.8. The molecule has 0 aliphatic heterocycles. The first-order valence-electron chi connectivity index (χ1n) is 1.22. The summed E-state index contributed by atoms with van der Waals surface area (Å²) in [6, 6.07) is 0. The van der Waals surface area contributed by atoms with Crippen molar-refractivity contribution in [2.75, 3.05) is 12.3 Å². The zero-order valence-electron chi connectivity index (χ0n) is 2.82. The van der Waals surface area contributed by atoms with Gasteiger partial charge in [0.25, 0.3) is 0 Å². The van der Waals surface area contributed by atoms with E-state index in [0.717, 1.165) is 5.75 Å². The highest BCUT2D eigenvalue weighted by molar-refractivity contribution is 7.80. The molecule has 34 valence electrons. The molecule has 5 heavy (non-hydrogen) atoms. The van der Waals surface area contributed by atoms with E-state index >= 15 is 0 Å². The summed E-state index contributed by atoms with van der Waals surface area (Å²) in [5.41, 5.74) is 4.95. The largest absolute Gasteiger partial charge is 1.00 e. The summed E-state index contributed by atoms with van der Waals surface area (Å²) in [5.74, 6) is 0.792. The monoisotopic (exact) mass is 96.0 g/mol. The van der Waals surface area contributed by atoms with Crippen molar-refractivity contribution in [3.8, 4) is 0 Å². The average molecular weight is 96.1 g/mol. The number of hydrogen-bond donors (Lipinski definition) is 2. The maximum absolute atomic E-state index is 4.95. The van der Waals surface area contributed by atoms with E-state index in [0.29, 0.717) is 6.54 Å². The molecule has 0 saturated carbocycles. The molecule has 0 atom stereocenters. The summed E-state index contributed by atoms with van der Waals surface area (Å²) < 4.78 is 0. The molecule has 0 spiro atoms. The molecule has 0 rings (SSSR count). The first kappa shape index (κ1) is 8.97. The Bertz CT molecular complexity index is 11.6. The maximum Gasteiger partial charge on any atom is 0.00255 e. The van der Waals surface area contributed by atoms with Crippen molar-refractivity contribution in [2.24, 2.45) is 5.73 Å². The molecule has 0 aromatic rings. The second kappa shape index (κ2) is 8.87. The molecule has 1 nitrogen and oxygen atoms in total. The molecular weight excluding hydrogens is 89.1 g/mol. The third-order valence-corrected chi connectivity index (χ3v) is 0.387. The fraction of sp³-hybridized carbons (Fsp3) is 1.00. The van der Waals surface area contributed by atoms with Crippen LogP contribution < -0.4 is 10.4 Å². The smallest absolute Gasteiger partial charge is 0.00255 e. The second-order valence-corrected chi connectivity index (χ2v) is 0.959. The van der Waals surface area contributed by atoms with Crippen molar-refractivity contribution in [1.29, 1.82) is 0 Å². The van der Waals surface area contributed by atoms with Gasteiger partial charge in [0.15, 0.2) is 0 Å². The molecule has 0 aromatic heterocycles. The van der Waals surface area contributed by atoms with Crippen molar-refractivity contribution in [3.05, 3.63) is 0 Å². The predicted octanol–water partition coefficient (Wildman–Crippen LogP) is -3.12. The fourth-order valence-electron chi connectivity index (χ4n) is 0. The molecule has 0 heterocycles. The maximum atomic E-state index is 4.95. The van der Waals surface area contributed by atoms with Crippen LogP contribution in [-0.2, 0) is 0 Å². The zero-order chi connectivity index (χ0) is 3.41. The second-order valence-electron chi connectivity index (χ2n) is 0.512. The topological polar surface area (TPSA) is 26.0 Å². The number of rotatable bonds is 1. The van der Waals surface area contributed by atoms with Gasteiger partial charge in [-0.15, -0.1) is 0 Å². The molecule has 3 heteroatoms. The Labute approximate surface area is 36.3 Å². The van der Waals surface area contributed by atoms with E-state index in [1.54, 1.807) is 0 Å². The molecule has 0 bridgehead atoms. The van der Waals surface area contributed by atoms with Gasteiger partial charge in [-0.3, -0.25) is 0 Å². The molecule has 0 radical (unpaired) electrons. The quantitative estimate of drug-likeness (QED) is 0.332. The molecule has 0 amide bonds. The lowest BCUT2D eigenvalue weighted by molar-refractivity contribution is -0.000000888. The molecule has 0 unspecified atom stereocenters. The summed E-state index contributed by atoms with van der Waals surface area (Å²) in [7, 11) is 0. The van der Waals surface area contributed by atoms with Gasteiger partial charge in [-0.05, 0) is 0 Å². The molecule has 0 aliphatic rings. The van der Waals surface area contributed by atoms with Crippen molar-refractivity contribution in [1.82, 2.24) is 0 Å². The normalized spacial score (nSPS) is 6.00. The number of thiol groups is 1. The van der Waals surface area contributed by atoms with E-state index in [9.17, 15) is 0 Å². The highest BCUT2D eigenvalue weighted by atomic mass is 32.1. The number of nitrogens with two attached hydrogens (primary N) is 1. The van der Waals surface area contributed by atoms with Crippen LogP contribution in [-0.4, -0.2) is 12.3 Å². The minimum atomic E-state index is 0. The lowest BCUT2D eigenvalue weighted by atomic mass is 10.8. The van der Waals surface area contributed by atoms with Crippen molar-refractivity contribution < 1.29 is 4.70 Å². The van der Waals surface area contributed by atoms with E-state index in [-0.39, 0.29) is 4.70 Å². The van der Waals surface area contributed by atoms with E-state index in [1.807, 2.05) is 0 Å². The third-order valence-electron chi connectivity index (χ3n) is 0.129. The Hall–Kier alpha value is 0.240. The minimum Gasteiger partial charge on any atom is -1.00 e. The Morgan fingerprint density at radius 3 is 1.80 bits per heavy atom. The van der Waals surface area contributed by atoms with E-state index in [1.165, 1.54) is 0 Å². The van der Waals surface area contributed by atoms with Crippen LogP contribution in [0.3, 0.4) is 0 Å². The van der Waals surface area contributed by atoms with Gasteiger partial charge in [-0.25, -0.2) is 0 Å². The van der Waals surface area contributed by atoms with E-state index < -0.39 is 0 Å². The Morgan fingerprint density at radius 1 is 1.60 bits per heavy atom. The molecule has 0 aromatic carbocycles. The SMILES string of the molecule is NCCS.[F-]. The fourth-order valence-corrected chi connectivity index (χ4v) is 0. The Kier molecular flexibility index (Phi) is 15.9. The van der Waals surface area contributed by atoms with Crippen molar-refractivity contribution in [3.63, 3.8) is 0 Å². The summed E-state index contributed by atoms with van der Waals surface area (Å²) in [6.07, 6.45) is 0. The zero-order valence-corrected chi connectivity index (χ0v) is 3.71. The Balaban J connectivity index is 0. The summed E-state index contributed by atoms with van der Waals surface area (Å²) in [6.45, 7) is 0.684. The summed E-state index contributed by atoms with van der Waals surface area (Å²) in [4.78, 5) is 0. The van der Waals surface area contributed by atoms with Gasteiger partial charge >= 0.3 is 0 Å². The first-order chi connectivity index (χ1) is 1.91. The van der Waals surface area contributed by atoms with Crippen molar-refractivity contribution >= 4 is 12.6 Å². The van der Waals surface area contributed by atoms with Gasteiger partial charge in [-0.2, -0.15) is 12.6 Å². The van der Waals surface area contributed by atoms with Crippen LogP contribution in [0.15, 0.2) is 0 Å². The van der Waals surface area contributed by atoms with Crippen LogP contribution >= 0.6 is 12.6 Å². The van der Waals surface area contributed by atoms with Crippen LogP contribution in [0.2, 0.25) is 0 Å². The Morgan fingerprint density at radius 2 is 1.80 bits per heavy atom. The van der Waals surface area contributed by atoms with Gasteiger partial charge in [-0.1, -0.05) is 0 Å². The van der Waals surface area contributed by atoms with Crippen LogP contribution in [0.25, 0.3) is 0 Å². The predicted molar refractivity (Wildman–Crippen MR) is 22.9 cm³/mol. The molecule has 0 saturated heterocycles. The number of halogens is 1. The minimum absolute atomic E-state index is 0. The van der Waals surface area contributed by atoms with Crippen LogP contribution in [0.4, 0.5) is 0 Å². The standard InChI is InChI=1S/C2H7NS.FH/c3-1-2-4;/h4H,1-3H2;1H/p-1. The van der Waals surface area contributed by atoms with Gasteiger partial charge in [0.2, 0.25) is 0 Å². The molecule has 2 N–H and O–H groups in total. The lowest BCUT2D eigenvalue weighted by Gasteiger charge is -1.69. The average Bonchev–Trinajstić information content (AvgIpc) is 1.37. The lowest BCUT2D eigenvalue weighted by Crippen LogP contribution is -3.00. The van der Waals surface area contributed by atoms with Crippen LogP contribution in [0, 0.1) is 0 Å². The highest BCUT2D eigenvalue weighted by Crippen LogP contribution is 1.58. The van der Waals surface area contributed by atoms with Gasteiger partial charge < -0.3 is 10.4 Å². The molecule has 0 fully saturated rings. The molecular formula is C2H7FNS-. The highest BCUT2D eigenvalue weighted by Gasteiger charge is 1.56.